The predicted octanol–water partition coefficient (Wildman–Crippen LogP) is -0.157. The van der Waals surface area contributed by atoms with Gasteiger partial charge in [0.2, 0.25) is 0 Å². The van der Waals surface area contributed by atoms with Gasteiger partial charge in [-0.05, 0) is 13.8 Å². The van der Waals surface area contributed by atoms with Crippen molar-refractivity contribution in [2.75, 3.05) is 32.8 Å². The number of hydrogen-bond donors (Lipinski definition) is 1. The van der Waals surface area contributed by atoms with Crippen LogP contribution in [0.3, 0.4) is 0 Å². The first kappa shape index (κ1) is 10.5. The largest absolute Gasteiger partial charge is 0.465 e. The van der Waals surface area contributed by atoms with Crippen molar-refractivity contribution in [1.82, 2.24) is 10.2 Å². The van der Waals surface area contributed by atoms with Gasteiger partial charge in [-0.15, -0.1) is 0 Å². The Labute approximate surface area is 79.2 Å². The molecular formula is C9H18N2O2. The molecule has 4 nitrogen and oxygen atoms in total. The Balaban J connectivity index is 2.35. The minimum atomic E-state index is -0.107. The molecule has 1 atom stereocenters. The summed E-state index contributed by atoms with van der Waals surface area (Å²) in [5.74, 6) is -0.107. The highest BCUT2D eigenvalue weighted by Gasteiger charge is 2.23. The van der Waals surface area contributed by atoms with Crippen LogP contribution in [0.25, 0.3) is 0 Å². The molecule has 1 rings (SSSR count). The molecule has 0 aromatic carbocycles. The third-order valence-electron chi connectivity index (χ3n) is 2.33. The normalized spacial score (nSPS) is 21.1. The van der Waals surface area contributed by atoms with Crippen LogP contribution in [0.15, 0.2) is 0 Å². The average molecular weight is 186 g/mol. The van der Waals surface area contributed by atoms with Crippen LogP contribution in [-0.4, -0.2) is 49.7 Å². The van der Waals surface area contributed by atoms with Crippen molar-refractivity contribution in [1.29, 1.82) is 0 Å². The van der Waals surface area contributed by atoms with Crippen molar-refractivity contribution in [2.24, 2.45) is 0 Å². The summed E-state index contributed by atoms with van der Waals surface area (Å²) >= 11 is 0. The lowest BCUT2D eigenvalue weighted by molar-refractivity contribution is -0.149. The number of ether oxygens (including phenoxy) is 1. The van der Waals surface area contributed by atoms with E-state index in [1.165, 1.54) is 0 Å². The van der Waals surface area contributed by atoms with Gasteiger partial charge in [0.05, 0.1) is 6.61 Å². The van der Waals surface area contributed by atoms with E-state index >= 15 is 0 Å². The van der Waals surface area contributed by atoms with Crippen LogP contribution < -0.4 is 5.32 Å². The van der Waals surface area contributed by atoms with Gasteiger partial charge in [0, 0.05) is 26.2 Å². The molecule has 1 saturated heterocycles. The van der Waals surface area contributed by atoms with Gasteiger partial charge in [0.15, 0.2) is 0 Å². The molecule has 1 fully saturated rings. The zero-order valence-corrected chi connectivity index (χ0v) is 8.38. The van der Waals surface area contributed by atoms with E-state index in [2.05, 4.69) is 10.2 Å². The van der Waals surface area contributed by atoms with Crippen LogP contribution in [0.2, 0.25) is 0 Å². The van der Waals surface area contributed by atoms with Crippen molar-refractivity contribution in [3.05, 3.63) is 0 Å². The number of esters is 1. The fourth-order valence-electron chi connectivity index (χ4n) is 1.48. The van der Waals surface area contributed by atoms with E-state index in [1.54, 1.807) is 0 Å². The molecular weight excluding hydrogens is 168 g/mol. The first-order valence-electron chi connectivity index (χ1n) is 4.87. The molecule has 13 heavy (non-hydrogen) atoms. The molecule has 1 aliphatic rings. The second kappa shape index (κ2) is 5.19. The van der Waals surface area contributed by atoms with Gasteiger partial charge in [0.25, 0.3) is 0 Å². The topological polar surface area (TPSA) is 41.6 Å². The number of nitrogens with zero attached hydrogens (tertiary/aromatic N) is 1. The lowest BCUT2D eigenvalue weighted by Crippen LogP contribution is -2.50. The molecule has 1 heterocycles. The zero-order valence-electron chi connectivity index (χ0n) is 8.38. The zero-order chi connectivity index (χ0) is 9.68. The number of nitrogens with one attached hydrogen (secondary N) is 1. The lowest BCUT2D eigenvalue weighted by Gasteiger charge is -2.31. The predicted molar refractivity (Wildman–Crippen MR) is 50.5 cm³/mol. The van der Waals surface area contributed by atoms with Crippen molar-refractivity contribution in [3.8, 4) is 0 Å². The Kier molecular flexibility index (Phi) is 4.18. The van der Waals surface area contributed by atoms with Gasteiger partial charge in [0.1, 0.15) is 6.04 Å². The second-order valence-corrected chi connectivity index (χ2v) is 3.21. The maximum absolute atomic E-state index is 11.4. The van der Waals surface area contributed by atoms with Gasteiger partial charge in [-0.2, -0.15) is 0 Å². The SMILES string of the molecule is CCOC(=O)C(C)N1CCNCC1. The van der Waals surface area contributed by atoms with Gasteiger partial charge < -0.3 is 10.1 Å². The molecule has 0 amide bonds. The molecule has 1 unspecified atom stereocenters. The number of piperazine rings is 1. The van der Waals surface area contributed by atoms with Crippen LogP contribution in [0.5, 0.6) is 0 Å². The molecule has 4 heteroatoms. The first-order chi connectivity index (χ1) is 6.25. The van der Waals surface area contributed by atoms with Gasteiger partial charge in [-0.25, -0.2) is 0 Å². The van der Waals surface area contributed by atoms with E-state index in [-0.39, 0.29) is 12.0 Å². The molecule has 0 aromatic rings. The molecule has 0 saturated carbocycles. The highest BCUT2D eigenvalue weighted by molar-refractivity contribution is 5.75. The van der Waals surface area contributed by atoms with Crippen molar-refractivity contribution in [2.45, 2.75) is 19.9 Å². The van der Waals surface area contributed by atoms with Gasteiger partial charge in [-0.3, -0.25) is 9.69 Å². The van der Waals surface area contributed by atoms with E-state index in [0.717, 1.165) is 26.2 Å². The van der Waals surface area contributed by atoms with E-state index in [4.69, 9.17) is 4.74 Å². The minimum Gasteiger partial charge on any atom is -0.465 e. The van der Waals surface area contributed by atoms with Crippen LogP contribution in [0.1, 0.15) is 13.8 Å². The summed E-state index contributed by atoms with van der Waals surface area (Å²) in [4.78, 5) is 13.5. The maximum Gasteiger partial charge on any atom is 0.323 e. The number of rotatable bonds is 3. The minimum absolute atomic E-state index is 0.0953. The van der Waals surface area contributed by atoms with Crippen LogP contribution in [-0.2, 0) is 9.53 Å². The van der Waals surface area contributed by atoms with Crippen molar-refractivity contribution >= 4 is 5.97 Å². The van der Waals surface area contributed by atoms with E-state index in [0.29, 0.717) is 6.61 Å². The third kappa shape index (κ3) is 2.97. The van der Waals surface area contributed by atoms with Crippen LogP contribution in [0, 0.1) is 0 Å². The molecule has 1 N–H and O–H groups in total. The Morgan fingerprint density at radius 2 is 2.15 bits per heavy atom. The number of hydrogen-bond acceptors (Lipinski definition) is 4. The number of carbonyl (C=O) groups excluding carboxylic acids is 1. The quantitative estimate of drug-likeness (QED) is 0.622. The Hall–Kier alpha value is -0.610. The molecule has 1 aliphatic heterocycles. The summed E-state index contributed by atoms with van der Waals surface area (Å²) in [5, 5.41) is 3.25. The molecule has 0 aliphatic carbocycles. The molecule has 0 aromatic heterocycles. The lowest BCUT2D eigenvalue weighted by atomic mass is 10.2. The summed E-state index contributed by atoms with van der Waals surface area (Å²) in [7, 11) is 0. The maximum atomic E-state index is 11.4. The van der Waals surface area contributed by atoms with E-state index in [1.807, 2.05) is 13.8 Å². The summed E-state index contributed by atoms with van der Waals surface area (Å²) in [6.45, 7) is 7.99. The summed E-state index contributed by atoms with van der Waals surface area (Å²) in [5.41, 5.74) is 0. The Morgan fingerprint density at radius 1 is 1.54 bits per heavy atom. The first-order valence-corrected chi connectivity index (χ1v) is 4.87. The average Bonchev–Trinajstić information content (AvgIpc) is 2.18. The van der Waals surface area contributed by atoms with Crippen LogP contribution in [0.4, 0.5) is 0 Å². The van der Waals surface area contributed by atoms with E-state index in [9.17, 15) is 4.79 Å². The smallest absolute Gasteiger partial charge is 0.323 e. The van der Waals surface area contributed by atoms with Crippen molar-refractivity contribution in [3.63, 3.8) is 0 Å². The monoisotopic (exact) mass is 186 g/mol. The highest BCUT2D eigenvalue weighted by atomic mass is 16.5. The summed E-state index contributed by atoms with van der Waals surface area (Å²) in [6, 6.07) is -0.0953. The third-order valence-corrected chi connectivity index (χ3v) is 2.33. The molecule has 76 valence electrons. The summed E-state index contributed by atoms with van der Waals surface area (Å²) < 4.78 is 4.96. The van der Waals surface area contributed by atoms with Gasteiger partial charge >= 0.3 is 5.97 Å². The fourth-order valence-corrected chi connectivity index (χ4v) is 1.48. The summed E-state index contributed by atoms with van der Waals surface area (Å²) in [6.07, 6.45) is 0. The second-order valence-electron chi connectivity index (χ2n) is 3.21. The molecule has 0 bridgehead atoms. The number of carbonyl (C=O) groups is 1. The molecule has 0 radical (unpaired) electrons. The van der Waals surface area contributed by atoms with E-state index < -0.39 is 0 Å². The Bertz CT molecular complexity index is 167. The van der Waals surface area contributed by atoms with Crippen molar-refractivity contribution < 1.29 is 9.53 Å². The molecule has 0 spiro atoms. The fraction of sp³-hybridized carbons (Fsp3) is 0.889. The van der Waals surface area contributed by atoms with Gasteiger partial charge in [-0.1, -0.05) is 0 Å². The highest BCUT2D eigenvalue weighted by Crippen LogP contribution is 2.02. The Morgan fingerprint density at radius 3 is 2.69 bits per heavy atom. The van der Waals surface area contributed by atoms with Crippen LogP contribution >= 0.6 is 0 Å². The standard InChI is InChI=1S/C9H18N2O2/c1-3-13-9(12)8(2)11-6-4-10-5-7-11/h8,10H,3-7H2,1-2H3.